The van der Waals surface area contributed by atoms with Crippen LogP contribution >= 0.6 is 22.6 Å². The number of nitrogen functional groups attached to an aromatic ring is 1. The van der Waals surface area contributed by atoms with Crippen LogP contribution in [0.1, 0.15) is 6.92 Å². The van der Waals surface area contributed by atoms with Crippen molar-refractivity contribution in [3.63, 3.8) is 0 Å². The number of hydrogen-bond donors (Lipinski definition) is 1. The molecule has 1 atom stereocenters. The first-order chi connectivity index (χ1) is 7.99. The number of likely N-dealkylation sites (N-methyl/N-ethyl adjacent to an activating group) is 1. The highest BCUT2D eigenvalue weighted by Crippen LogP contribution is 2.29. The molecule has 0 bridgehead atoms. The van der Waals surface area contributed by atoms with Crippen molar-refractivity contribution < 1.29 is 4.39 Å². The van der Waals surface area contributed by atoms with E-state index in [1.165, 1.54) is 0 Å². The largest absolute Gasteiger partial charge is 0.397 e. The van der Waals surface area contributed by atoms with Crippen LogP contribution in [0.25, 0.3) is 0 Å². The monoisotopic (exact) mass is 349 g/mol. The van der Waals surface area contributed by atoms with Gasteiger partial charge in [0.2, 0.25) is 0 Å². The fourth-order valence-corrected chi connectivity index (χ4v) is 2.58. The van der Waals surface area contributed by atoms with Crippen molar-refractivity contribution in [3.05, 3.63) is 21.5 Å². The number of benzene rings is 1. The standard InChI is InChI=1S/C12H17FIN3/c1-8-7-17(4-3-16(8)2)12-5-9(13)10(14)6-11(12)15/h5-6,8H,3-4,7,15H2,1-2H3. The Morgan fingerprint density at radius 1 is 1.41 bits per heavy atom. The lowest BCUT2D eigenvalue weighted by atomic mass is 10.1. The molecule has 1 heterocycles. The SMILES string of the molecule is CC1CN(c2cc(F)c(I)cc2N)CCN1C. The lowest BCUT2D eigenvalue weighted by Gasteiger charge is -2.39. The van der Waals surface area contributed by atoms with Crippen LogP contribution in [0.2, 0.25) is 0 Å². The smallest absolute Gasteiger partial charge is 0.138 e. The molecule has 0 amide bonds. The number of rotatable bonds is 1. The van der Waals surface area contributed by atoms with Gasteiger partial charge in [-0.2, -0.15) is 0 Å². The van der Waals surface area contributed by atoms with Crippen LogP contribution in [-0.2, 0) is 0 Å². The lowest BCUT2D eigenvalue weighted by Crippen LogP contribution is -2.50. The molecule has 2 N–H and O–H groups in total. The molecular formula is C12H17FIN3. The van der Waals surface area contributed by atoms with Crippen molar-refractivity contribution in [2.24, 2.45) is 0 Å². The van der Waals surface area contributed by atoms with Gasteiger partial charge in [0.15, 0.2) is 0 Å². The second kappa shape index (κ2) is 4.97. The second-order valence-electron chi connectivity index (χ2n) is 4.60. The van der Waals surface area contributed by atoms with E-state index in [-0.39, 0.29) is 5.82 Å². The van der Waals surface area contributed by atoms with Gasteiger partial charge < -0.3 is 15.5 Å². The quantitative estimate of drug-likeness (QED) is 0.623. The van der Waals surface area contributed by atoms with Gasteiger partial charge in [-0.3, -0.25) is 0 Å². The highest BCUT2D eigenvalue weighted by atomic mass is 127. The Labute approximate surface area is 115 Å². The normalized spacial score (nSPS) is 21.9. The lowest BCUT2D eigenvalue weighted by molar-refractivity contribution is 0.234. The fraction of sp³-hybridized carbons (Fsp3) is 0.500. The maximum atomic E-state index is 13.6. The molecule has 0 aliphatic carbocycles. The van der Waals surface area contributed by atoms with E-state index in [9.17, 15) is 4.39 Å². The first kappa shape index (κ1) is 12.9. The van der Waals surface area contributed by atoms with E-state index in [0.717, 1.165) is 25.3 Å². The third-order valence-electron chi connectivity index (χ3n) is 3.37. The van der Waals surface area contributed by atoms with Gasteiger partial charge in [0, 0.05) is 31.7 Å². The zero-order chi connectivity index (χ0) is 12.6. The van der Waals surface area contributed by atoms with Gasteiger partial charge in [0.1, 0.15) is 5.82 Å². The topological polar surface area (TPSA) is 32.5 Å². The van der Waals surface area contributed by atoms with Crippen LogP contribution in [-0.4, -0.2) is 37.6 Å². The van der Waals surface area contributed by atoms with E-state index in [2.05, 4.69) is 23.8 Å². The number of nitrogens with zero attached hydrogens (tertiary/aromatic N) is 2. The maximum absolute atomic E-state index is 13.6. The van der Waals surface area contributed by atoms with Crippen LogP contribution < -0.4 is 10.6 Å². The minimum absolute atomic E-state index is 0.193. The molecule has 3 nitrogen and oxygen atoms in total. The molecule has 1 aromatic carbocycles. The number of hydrogen-bond acceptors (Lipinski definition) is 3. The van der Waals surface area contributed by atoms with Gasteiger partial charge in [-0.05, 0) is 42.6 Å². The Balaban J connectivity index is 2.26. The maximum Gasteiger partial charge on any atom is 0.138 e. The van der Waals surface area contributed by atoms with Crippen molar-refractivity contribution in [2.75, 3.05) is 37.3 Å². The van der Waals surface area contributed by atoms with Crippen molar-refractivity contribution in [1.82, 2.24) is 4.90 Å². The molecule has 0 spiro atoms. The summed E-state index contributed by atoms with van der Waals surface area (Å²) in [4.78, 5) is 4.47. The molecule has 0 aromatic heterocycles. The molecule has 0 saturated carbocycles. The number of piperazine rings is 1. The summed E-state index contributed by atoms with van der Waals surface area (Å²) < 4.78 is 14.2. The third kappa shape index (κ3) is 2.65. The Morgan fingerprint density at radius 3 is 2.76 bits per heavy atom. The highest BCUT2D eigenvalue weighted by Gasteiger charge is 2.22. The molecule has 1 fully saturated rings. The molecular weight excluding hydrogens is 332 g/mol. The van der Waals surface area contributed by atoms with Crippen LogP contribution in [0.15, 0.2) is 12.1 Å². The molecule has 1 saturated heterocycles. The van der Waals surface area contributed by atoms with Gasteiger partial charge in [-0.15, -0.1) is 0 Å². The molecule has 0 radical (unpaired) electrons. The average Bonchev–Trinajstić information content (AvgIpc) is 2.27. The molecule has 1 aromatic rings. The van der Waals surface area contributed by atoms with Crippen molar-refractivity contribution in [3.8, 4) is 0 Å². The van der Waals surface area contributed by atoms with Crippen LogP contribution in [0.3, 0.4) is 0 Å². The van der Waals surface area contributed by atoms with E-state index in [1.54, 1.807) is 12.1 Å². The zero-order valence-corrected chi connectivity index (χ0v) is 12.2. The Hall–Kier alpha value is -0.560. The van der Waals surface area contributed by atoms with Crippen LogP contribution in [0.4, 0.5) is 15.8 Å². The highest BCUT2D eigenvalue weighted by molar-refractivity contribution is 14.1. The van der Waals surface area contributed by atoms with E-state index in [4.69, 9.17) is 5.73 Å². The summed E-state index contributed by atoms with van der Waals surface area (Å²) in [5.74, 6) is -0.193. The summed E-state index contributed by atoms with van der Waals surface area (Å²) in [6.07, 6.45) is 0. The summed E-state index contributed by atoms with van der Waals surface area (Å²) in [7, 11) is 2.11. The molecule has 17 heavy (non-hydrogen) atoms. The van der Waals surface area contributed by atoms with Gasteiger partial charge in [-0.1, -0.05) is 0 Å². The van der Waals surface area contributed by atoms with E-state index >= 15 is 0 Å². The number of halogens is 2. The predicted octanol–water partition coefficient (Wildman–Crippen LogP) is 2.15. The van der Waals surface area contributed by atoms with Gasteiger partial charge in [-0.25, -0.2) is 4.39 Å². The van der Waals surface area contributed by atoms with Gasteiger partial charge in [0.05, 0.1) is 14.9 Å². The number of nitrogens with two attached hydrogens (primary N) is 1. The molecule has 1 aliphatic heterocycles. The van der Waals surface area contributed by atoms with Gasteiger partial charge in [0.25, 0.3) is 0 Å². The third-order valence-corrected chi connectivity index (χ3v) is 4.20. The van der Waals surface area contributed by atoms with Crippen molar-refractivity contribution in [1.29, 1.82) is 0 Å². The Kier molecular flexibility index (Phi) is 3.77. The average molecular weight is 349 g/mol. The predicted molar refractivity (Wildman–Crippen MR) is 77.8 cm³/mol. The molecule has 94 valence electrons. The zero-order valence-electron chi connectivity index (χ0n) is 10.1. The summed E-state index contributed by atoms with van der Waals surface area (Å²) in [6, 6.07) is 3.72. The summed E-state index contributed by atoms with van der Waals surface area (Å²) >= 11 is 1.96. The second-order valence-corrected chi connectivity index (χ2v) is 5.76. The minimum Gasteiger partial charge on any atom is -0.397 e. The summed E-state index contributed by atoms with van der Waals surface area (Å²) in [5, 5.41) is 0. The molecule has 1 aliphatic rings. The molecule has 2 rings (SSSR count). The molecule has 1 unspecified atom stereocenters. The van der Waals surface area contributed by atoms with Crippen LogP contribution in [0.5, 0.6) is 0 Å². The van der Waals surface area contributed by atoms with Crippen molar-refractivity contribution >= 4 is 34.0 Å². The van der Waals surface area contributed by atoms with E-state index in [0.29, 0.717) is 15.3 Å². The Bertz CT molecular complexity index is 424. The minimum atomic E-state index is -0.193. The van der Waals surface area contributed by atoms with Gasteiger partial charge >= 0.3 is 0 Å². The first-order valence-corrected chi connectivity index (χ1v) is 6.76. The van der Waals surface area contributed by atoms with Crippen molar-refractivity contribution in [2.45, 2.75) is 13.0 Å². The molecule has 5 heteroatoms. The Morgan fingerprint density at radius 2 is 2.12 bits per heavy atom. The van der Waals surface area contributed by atoms with E-state index < -0.39 is 0 Å². The fourth-order valence-electron chi connectivity index (χ4n) is 2.09. The summed E-state index contributed by atoms with van der Waals surface area (Å²) in [5.41, 5.74) is 7.46. The first-order valence-electron chi connectivity index (χ1n) is 5.68. The van der Waals surface area contributed by atoms with E-state index in [1.807, 2.05) is 22.6 Å². The summed E-state index contributed by atoms with van der Waals surface area (Å²) in [6.45, 7) is 4.94. The number of anilines is 2. The van der Waals surface area contributed by atoms with Crippen LogP contribution in [0, 0.1) is 9.39 Å².